The van der Waals surface area contributed by atoms with Crippen LogP contribution in [0.2, 0.25) is 0 Å². The van der Waals surface area contributed by atoms with E-state index < -0.39 is 47.9 Å². The van der Waals surface area contributed by atoms with Gasteiger partial charge < -0.3 is 25.0 Å². The van der Waals surface area contributed by atoms with E-state index in [1.54, 1.807) is 48.5 Å². The fourth-order valence-corrected chi connectivity index (χ4v) is 5.66. The van der Waals surface area contributed by atoms with Gasteiger partial charge in [-0.1, -0.05) is 100 Å². The highest BCUT2D eigenvalue weighted by atomic mass is 19.3. The number of ether oxygens (including phenoxy) is 2. The van der Waals surface area contributed by atoms with Crippen molar-refractivity contribution in [3.05, 3.63) is 72.1 Å². The van der Waals surface area contributed by atoms with E-state index in [4.69, 9.17) is 9.47 Å². The molecule has 0 aliphatic heterocycles. The first-order valence-electron chi connectivity index (χ1n) is 17.1. The largest absolute Gasteiger partial charge is 0.479 e. The van der Waals surface area contributed by atoms with Gasteiger partial charge in [0.25, 0.3) is 0 Å². The van der Waals surface area contributed by atoms with Crippen molar-refractivity contribution in [3.63, 3.8) is 0 Å². The average Bonchev–Trinajstić information content (AvgIpc) is 3.07. The van der Waals surface area contributed by atoms with E-state index in [0.29, 0.717) is 55.2 Å². The van der Waals surface area contributed by atoms with Gasteiger partial charge in [0.2, 0.25) is 11.8 Å². The van der Waals surface area contributed by atoms with E-state index in [0.717, 1.165) is 32.8 Å². The standard InChI is InChI=1S/C38H52F3NO7/c1-4-5-6-10-15-24-37(40,41)25-16-11-8-7-9-12-18-31(38(47,27-48-2)36(45)46)34(43)42-33(35(44)49-3)26-28-20-22-29(23-21-28)30-17-13-14-19-32(30)39/h12-14,17-23,31,33,47H,4-11,15-16,24-27H2,1-3H3,(H,42,43)(H,45,46)/b18-12+/t31-,33+,38+/m1/s1. The molecule has 11 heteroatoms. The maximum atomic E-state index is 14.2. The monoisotopic (exact) mass is 691 g/mol. The summed E-state index contributed by atoms with van der Waals surface area (Å²) in [5.74, 6) is -8.11. The Morgan fingerprint density at radius 2 is 1.51 bits per heavy atom. The summed E-state index contributed by atoms with van der Waals surface area (Å²) in [6.45, 7) is 1.37. The van der Waals surface area contributed by atoms with Crippen LogP contribution in [0, 0.1) is 11.7 Å². The highest BCUT2D eigenvalue weighted by molar-refractivity contribution is 5.93. The second-order valence-corrected chi connectivity index (χ2v) is 12.5. The molecule has 2 rings (SSSR count). The smallest absolute Gasteiger partial charge is 0.339 e. The minimum absolute atomic E-state index is 0.0277. The molecule has 49 heavy (non-hydrogen) atoms. The molecule has 0 aromatic heterocycles. The summed E-state index contributed by atoms with van der Waals surface area (Å²) in [5.41, 5.74) is -1.03. The Balaban J connectivity index is 2.04. The molecule has 3 N–H and O–H groups in total. The zero-order valence-electron chi connectivity index (χ0n) is 28.9. The minimum atomic E-state index is -2.66. The van der Waals surface area contributed by atoms with E-state index in [1.165, 1.54) is 19.3 Å². The lowest BCUT2D eigenvalue weighted by molar-refractivity contribution is -0.173. The first kappa shape index (κ1) is 41.5. The molecule has 0 heterocycles. The van der Waals surface area contributed by atoms with E-state index in [1.807, 2.05) is 0 Å². The zero-order valence-corrected chi connectivity index (χ0v) is 28.9. The van der Waals surface area contributed by atoms with Crippen molar-refractivity contribution in [2.75, 3.05) is 20.8 Å². The Morgan fingerprint density at radius 1 is 0.898 bits per heavy atom. The number of alkyl halides is 2. The number of benzene rings is 2. The fourth-order valence-electron chi connectivity index (χ4n) is 5.66. The number of aliphatic carboxylic acids is 1. The molecule has 8 nitrogen and oxygen atoms in total. The van der Waals surface area contributed by atoms with Crippen molar-refractivity contribution in [1.82, 2.24) is 5.32 Å². The van der Waals surface area contributed by atoms with E-state index >= 15 is 0 Å². The van der Waals surface area contributed by atoms with Gasteiger partial charge in [-0.25, -0.2) is 22.8 Å². The number of hydrogen-bond acceptors (Lipinski definition) is 6. The Labute approximate surface area is 288 Å². The first-order valence-corrected chi connectivity index (χ1v) is 17.1. The molecule has 0 spiro atoms. The summed E-state index contributed by atoms with van der Waals surface area (Å²) in [6, 6.07) is 11.8. The van der Waals surface area contributed by atoms with Crippen molar-refractivity contribution in [2.24, 2.45) is 5.92 Å². The predicted molar refractivity (Wildman–Crippen MR) is 183 cm³/mol. The van der Waals surface area contributed by atoms with Gasteiger partial charge in [0, 0.05) is 31.9 Å². The molecule has 272 valence electrons. The minimum Gasteiger partial charge on any atom is -0.479 e. The van der Waals surface area contributed by atoms with Crippen LogP contribution in [-0.2, 0) is 30.3 Å². The number of rotatable bonds is 24. The number of aliphatic hydroxyl groups is 1. The third-order valence-corrected chi connectivity index (χ3v) is 8.55. The van der Waals surface area contributed by atoms with Crippen LogP contribution < -0.4 is 5.32 Å². The van der Waals surface area contributed by atoms with Crippen LogP contribution in [0.15, 0.2) is 60.7 Å². The molecule has 3 atom stereocenters. The van der Waals surface area contributed by atoms with Crippen LogP contribution in [-0.4, -0.2) is 66.5 Å². The van der Waals surface area contributed by atoms with Gasteiger partial charge >= 0.3 is 11.9 Å². The predicted octanol–water partition coefficient (Wildman–Crippen LogP) is 7.66. The van der Waals surface area contributed by atoms with Gasteiger partial charge in [0.1, 0.15) is 11.9 Å². The van der Waals surface area contributed by atoms with Crippen molar-refractivity contribution in [2.45, 2.75) is 108 Å². The van der Waals surface area contributed by atoms with Crippen molar-refractivity contribution in [1.29, 1.82) is 0 Å². The molecule has 2 aromatic carbocycles. The topological polar surface area (TPSA) is 122 Å². The van der Waals surface area contributed by atoms with Crippen LogP contribution in [0.5, 0.6) is 0 Å². The lowest BCUT2D eigenvalue weighted by Crippen LogP contribution is -2.56. The molecule has 0 saturated carbocycles. The Kier molecular flexibility index (Phi) is 18.1. The quantitative estimate of drug-likeness (QED) is 0.0587. The second kappa shape index (κ2) is 21.4. The van der Waals surface area contributed by atoms with E-state index in [9.17, 15) is 37.8 Å². The van der Waals surface area contributed by atoms with Gasteiger partial charge in [-0.3, -0.25) is 4.79 Å². The number of esters is 1. The number of nitrogens with one attached hydrogen (secondary N) is 1. The summed E-state index contributed by atoms with van der Waals surface area (Å²) in [7, 11) is 2.33. The Bertz CT molecular complexity index is 1330. The number of unbranched alkanes of at least 4 members (excludes halogenated alkanes) is 8. The number of allylic oxidation sites excluding steroid dienone is 1. The highest BCUT2D eigenvalue weighted by Gasteiger charge is 2.47. The van der Waals surface area contributed by atoms with Crippen molar-refractivity contribution in [3.8, 4) is 11.1 Å². The van der Waals surface area contributed by atoms with Gasteiger partial charge in [-0.2, -0.15) is 0 Å². The van der Waals surface area contributed by atoms with E-state index in [2.05, 4.69) is 12.2 Å². The average molecular weight is 692 g/mol. The number of carbonyl (C=O) groups is 3. The number of halogens is 3. The lowest BCUT2D eigenvalue weighted by Gasteiger charge is -2.30. The first-order chi connectivity index (χ1) is 23.4. The molecule has 0 radical (unpaired) electrons. The molecule has 0 bridgehead atoms. The maximum Gasteiger partial charge on any atom is 0.339 e. The molecular formula is C38H52F3NO7. The van der Waals surface area contributed by atoms with Crippen LogP contribution in [0.1, 0.15) is 89.5 Å². The van der Waals surface area contributed by atoms with Crippen LogP contribution in [0.3, 0.4) is 0 Å². The number of carboxylic acid groups (broad SMARTS) is 1. The normalized spacial score (nSPS) is 14.3. The van der Waals surface area contributed by atoms with Crippen LogP contribution in [0.4, 0.5) is 13.2 Å². The van der Waals surface area contributed by atoms with Gasteiger partial charge in [-0.05, 0) is 42.9 Å². The molecule has 0 aliphatic rings. The third-order valence-electron chi connectivity index (χ3n) is 8.55. The van der Waals surface area contributed by atoms with Crippen molar-refractivity contribution < 1.29 is 47.2 Å². The molecule has 1 amide bonds. The molecule has 0 unspecified atom stereocenters. The van der Waals surface area contributed by atoms with Gasteiger partial charge in [0.05, 0.1) is 19.6 Å². The van der Waals surface area contributed by atoms with Crippen LogP contribution >= 0.6 is 0 Å². The van der Waals surface area contributed by atoms with Gasteiger partial charge in [-0.15, -0.1) is 0 Å². The SMILES string of the molecule is CCCCCCCC(F)(F)CCCCCC/C=C/[C@H](C(=O)N[C@@H](Cc1ccc(-c2ccccc2F)cc1)C(=O)OC)[C@@](O)(COC)C(=O)O. The fraction of sp³-hybridized carbons (Fsp3) is 0.553. The summed E-state index contributed by atoms with van der Waals surface area (Å²) in [6.07, 6.45) is 9.72. The Morgan fingerprint density at radius 3 is 2.08 bits per heavy atom. The van der Waals surface area contributed by atoms with Gasteiger partial charge in [0.15, 0.2) is 5.60 Å². The maximum absolute atomic E-state index is 14.2. The summed E-state index contributed by atoms with van der Waals surface area (Å²) in [5, 5.41) is 23.5. The van der Waals surface area contributed by atoms with Crippen molar-refractivity contribution >= 4 is 17.8 Å². The molecular weight excluding hydrogens is 639 g/mol. The molecule has 0 fully saturated rings. The number of carboxylic acids is 1. The number of carbonyl (C=O) groups excluding carboxylic acids is 2. The zero-order chi connectivity index (χ0) is 36.3. The summed E-state index contributed by atoms with van der Waals surface area (Å²) < 4.78 is 52.4. The van der Waals surface area contributed by atoms with E-state index in [-0.39, 0.29) is 25.1 Å². The van der Waals surface area contributed by atoms with Crippen LogP contribution in [0.25, 0.3) is 11.1 Å². The molecule has 2 aromatic rings. The number of hydrogen-bond donors (Lipinski definition) is 3. The lowest BCUT2D eigenvalue weighted by atomic mass is 9.86. The third kappa shape index (κ3) is 14.0. The second-order valence-electron chi connectivity index (χ2n) is 12.5. The summed E-state index contributed by atoms with van der Waals surface area (Å²) in [4.78, 5) is 38.4. The highest BCUT2D eigenvalue weighted by Crippen LogP contribution is 2.29. The Hall–Kier alpha value is -3.70. The number of amides is 1. The number of methoxy groups -OCH3 is 2. The molecule has 0 saturated heterocycles. The summed E-state index contributed by atoms with van der Waals surface area (Å²) >= 11 is 0. The molecule has 0 aliphatic carbocycles.